The Kier molecular flexibility index (Phi) is 3.30. The first-order valence-electron chi connectivity index (χ1n) is 6.84. The van der Waals surface area contributed by atoms with Gasteiger partial charge < -0.3 is 15.0 Å². The van der Waals surface area contributed by atoms with Gasteiger partial charge in [-0.1, -0.05) is 12.2 Å². The maximum Gasteiger partial charge on any atom is 0.356 e. The molecule has 1 aromatic rings. The van der Waals surface area contributed by atoms with Crippen molar-refractivity contribution in [3.05, 3.63) is 30.4 Å². The molecule has 0 aromatic carbocycles. The Hall–Kier alpha value is -2.11. The van der Waals surface area contributed by atoms with Crippen LogP contribution in [0.4, 0.5) is 0 Å². The summed E-state index contributed by atoms with van der Waals surface area (Å²) in [6.07, 6.45) is 9.38. The van der Waals surface area contributed by atoms with Gasteiger partial charge in [-0.15, -0.1) is 0 Å². The molecule has 1 heterocycles. The number of aromatic nitrogens is 2. The smallest absolute Gasteiger partial charge is 0.356 e. The third-order valence-electron chi connectivity index (χ3n) is 4.14. The molecule has 3 rings (SSSR count). The average Bonchev–Trinajstić information content (AvgIpc) is 3.14. The van der Waals surface area contributed by atoms with Crippen LogP contribution in [-0.4, -0.2) is 33.1 Å². The molecule has 0 saturated heterocycles. The highest BCUT2D eigenvalue weighted by molar-refractivity contribution is 5.84. The second-order valence-corrected chi connectivity index (χ2v) is 5.48. The van der Waals surface area contributed by atoms with Crippen molar-refractivity contribution in [1.82, 2.24) is 14.9 Å². The SMILES string of the molecule is O=C(O)c1cn(CCNC(=O)C2CC3C=CC2C3)cn1. The van der Waals surface area contributed by atoms with Gasteiger partial charge in [0.25, 0.3) is 0 Å². The minimum absolute atomic E-state index is 0.0227. The molecule has 2 N–H and O–H groups in total. The van der Waals surface area contributed by atoms with E-state index in [0.29, 0.717) is 24.9 Å². The molecule has 0 spiro atoms. The van der Waals surface area contributed by atoms with Crippen molar-refractivity contribution in [2.45, 2.75) is 19.4 Å². The molecule has 1 aromatic heterocycles. The van der Waals surface area contributed by atoms with Crippen LogP contribution >= 0.6 is 0 Å². The minimum atomic E-state index is -1.04. The van der Waals surface area contributed by atoms with Crippen LogP contribution in [0.5, 0.6) is 0 Å². The van der Waals surface area contributed by atoms with E-state index in [4.69, 9.17) is 5.11 Å². The van der Waals surface area contributed by atoms with Gasteiger partial charge in [0.1, 0.15) is 0 Å². The van der Waals surface area contributed by atoms with Crippen LogP contribution in [0.1, 0.15) is 23.3 Å². The zero-order valence-corrected chi connectivity index (χ0v) is 11.0. The number of hydrogen-bond acceptors (Lipinski definition) is 3. The van der Waals surface area contributed by atoms with Gasteiger partial charge in [-0.2, -0.15) is 0 Å². The number of fused-ring (bicyclic) bond motifs is 2. The molecule has 20 heavy (non-hydrogen) atoms. The normalized spacial score (nSPS) is 26.9. The standard InChI is InChI=1S/C14H17N3O3/c18-13(11-6-9-1-2-10(11)5-9)15-3-4-17-7-12(14(19)20)16-8-17/h1-2,7-11H,3-6H2,(H,15,18)(H,19,20). The molecule has 1 saturated carbocycles. The third-order valence-corrected chi connectivity index (χ3v) is 4.14. The summed E-state index contributed by atoms with van der Waals surface area (Å²) in [5, 5.41) is 11.7. The van der Waals surface area contributed by atoms with Gasteiger partial charge in [0, 0.05) is 25.2 Å². The second kappa shape index (κ2) is 5.11. The van der Waals surface area contributed by atoms with Gasteiger partial charge in [0.2, 0.25) is 5.91 Å². The maximum absolute atomic E-state index is 12.1. The number of carboxylic acid groups (broad SMARTS) is 1. The Bertz CT molecular complexity index is 564. The molecule has 0 radical (unpaired) electrons. The third kappa shape index (κ3) is 2.45. The number of carbonyl (C=O) groups is 2. The van der Waals surface area contributed by atoms with Crippen LogP contribution < -0.4 is 5.32 Å². The number of hydrogen-bond donors (Lipinski definition) is 2. The van der Waals surface area contributed by atoms with Crippen LogP contribution in [0.15, 0.2) is 24.7 Å². The number of carboxylic acids is 1. The summed E-state index contributed by atoms with van der Waals surface area (Å²) < 4.78 is 1.67. The van der Waals surface area contributed by atoms with Crippen molar-refractivity contribution in [2.24, 2.45) is 17.8 Å². The number of imidazole rings is 1. The van der Waals surface area contributed by atoms with Crippen molar-refractivity contribution < 1.29 is 14.7 Å². The highest BCUT2D eigenvalue weighted by Gasteiger charge is 2.39. The summed E-state index contributed by atoms with van der Waals surface area (Å²) in [4.78, 5) is 26.5. The largest absolute Gasteiger partial charge is 0.476 e. The minimum Gasteiger partial charge on any atom is -0.476 e. The number of carbonyl (C=O) groups excluding carboxylic acids is 1. The topological polar surface area (TPSA) is 84.2 Å². The molecule has 106 valence electrons. The Morgan fingerprint density at radius 1 is 1.40 bits per heavy atom. The summed E-state index contributed by atoms with van der Waals surface area (Å²) >= 11 is 0. The summed E-state index contributed by atoms with van der Waals surface area (Å²) in [5.74, 6) is 0.179. The summed E-state index contributed by atoms with van der Waals surface area (Å²) in [5.41, 5.74) is 0.0227. The monoisotopic (exact) mass is 275 g/mol. The number of allylic oxidation sites excluding steroid dienone is 2. The zero-order valence-electron chi connectivity index (χ0n) is 11.0. The van der Waals surface area contributed by atoms with E-state index in [0.717, 1.165) is 12.8 Å². The first kappa shape index (κ1) is 12.9. The van der Waals surface area contributed by atoms with Crippen LogP contribution in [0, 0.1) is 17.8 Å². The van der Waals surface area contributed by atoms with E-state index in [2.05, 4.69) is 22.5 Å². The molecule has 6 heteroatoms. The van der Waals surface area contributed by atoms with Crippen molar-refractivity contribution >= 4 is 11.9 Å². The average molecular weight is 275 g/mol. The molecular weight excluding hydrogens is 258 g/mol. The molecule has 3 unspecified atom stereocenters. The Morgan fingerprint density at radius 3 is 2.85 bits per heavy atom. The van der Waals surface area contributed by atoms with Gasteiger partial charge in [-0.05, 0) is 24.7 Å². The van der Waals surface area contributed by atoms with E-state index in [9.17, 15) is 9.59 Å². The van der Waals surface area contributed by atoms with Crippen LogP contribution in [0.25, 0.3) is 0 Å². The lowest BCUT2D eigenvalue weighted by Crippen LogP contribution is -2.34. The number of rotatable bonds is 5. The number of nitrogens with zero attached hydrogens (tertiary/aromatic N) is 2. The number of aromatic carboxylic acids is 1. The molecule has 1 fully saturated rings. The van der Waals surface area contributed by atoms with E-state index in [-0.39, 0.29) is 17.5 Å². The fourth-order valence-electron chi connectivity index (χ4n) is 3.11. The lowest BCUT2D eigenvalue weighted by atomic mass is 9.93. The molecule has 6 nitrogen and oxygen atoms in total. The predicted octanol–water partition coefficient (Wildman–Crippen LogP) is 0.910. The Morgan fingerprint density at radius 2 is 2.25 bits per heavy atom. The summed E-state index contributed by atoms with van der Waals surface area (Å²) in [6, 6.07) is 0. The maximum atomic E-state index is 12.1. The van der Waals surface area contributed by atoms with E-state index in [1.807, 2.05) is 0 Å². The molecule has 2 bridgehead atoms. The fraction of sp³-hybridized carbons (Fsp3) is 0.500. The summed E-state index contributed by atoms with van der Waals surface area (Å²) in [6.45, 7) is 1.02. The summed E-state index contributed by atoms with van der Waals surface area (Å²) in [7, 11) is 0. The number of amides is 1. The first-order chi connectivity index (χ1) is 9.63. The van der Waals surface area contributed by atoms with Gasteiger partial charge in [-0.25, -0.2) is 9.78 Å². The van der Waals surface area contributed by atoms with Crippen molar-refractivity contribution in [3.63, 3.8) is 0 Å². The van der Waals surface area contributed by atoms with Gasteiger partial charge in [-0.3, -0.25) is 4.79 Å². The molecule has 2 aliphatic rings. The van der Waals surface area contributed by atoms with E-state index in [1.165, 1.54) is 12.5 Å². The van der Waals surface area contributed by atoms with E-state index in [1.54, 1.807) is 4.57 Å². The molecule has 3 atom stereocenters. The highest BCUT2D eigenvalue weighted by Crippen LogP contribution is 2.43. The Labute approximate surface area is 116 Å². The van der Waals surface area contributed by atoms with E-state index >= 15 is 0 Å². The van der Waals surface area contributed by atoms with Crippen molar-refractivity contribution in [2.75, 3.05) is 6.54 Å². The van der Waals surface area contributed by atoms with E-state index < -0.39 is 5.97 Å². The van der Waals surface area contributed by atoms with Crippen LogP contribution in [0.2, 0.25) is 0 Å². The second-order valence-electron chi connectivity index (χ2n) is 5.48. The van der Waals surface area contributed by atoms with Crippen LogP contribution in [-0.2, 0) is 11.3 Å². The van der Waals surface area contributed by atoms with Gasteiger partial charge >= 0.3 is 5.97 Å². The zero-order chi connectivity index (χ0) is 14.1. The lowest BCUT2D eigenvalue weighted by molar-refractivity contribution is -0.125. The van der Waals surface area contributed by atoms with Crippen LogP contribution in [0.3, 0.4) is 0 Å². The van der Waals surface area contributed by atoms with Gasteiger partial charge in [0.15, 0.2) is 5.69 Å². The quantitative estimate of drug-likeness (QED) is 0.782. The first-order valence-corrected chi connectivity index (χ1v) is 6.84. The molecular formula is C14H17N3O3. The molecule has 1 amide bonds. The van der Waals surface area contributed by atoms with Crippen molar-refractivity contribution in [3.8, 4) is 0 Å². The lowest BCUT2D eigenvalue weighted by Gasteiger charge is -2.17. The fourth-order valence-corrected chi connectivity index (χ4v) is 3.11. The van der Waals surface area contributed by atoms with Crippen molar-refractivity contribution in [1.29, 1.82) is 0 Å². The highest BCUT2D eigenvalue weighted by atomic mass is 16.4. The predicted molar refractivity (Wildman–Crippen MR) is 71.0 cm³/mol. The molecule has 0 aliphatic heterocycles. The Balaban J connectivity index is 1.46. The van der Waals surface area contributed by atoms with Gasteiger partial charge in [0.05, 0.1) is 6.33 Å². The number of nitrogens with one attached hydrogen (secondary N) is 1. The molecule has 2 aliphatic carbocycles.